The highest BCUT2D eigenvalue weighted by molar-refractivity contribution is 6.35. The Labute approximate surface area is 159 Å². The molecule has 9 heteroatoms. The maximum absolute atomic E-state index is 13.5. The number of rotatable bonds is 6. The van der Waals surface area contributed by atoms with E-state index in [1.54, 1.807) is 12.1 Å². The average molecular weight is 401 g/mol. The van der Waals surface area contributed by atoms with Crippen LogP contribution in [0.25, 0.3) is 0 Å². The number of nitrogens with one attached hydrogen (secondary N) is 2. The molecule has 0 aromatic heterocycles. The largest absolute Gasteiger partial charge is 0.482 e. The zero-order chi connectivity index (χ0) is 19.1. The lowest BCUT2D eigenvalue weighted by molar-refractivity contribution is -0.133. The lowest BCUT2D eigenvalue weighted by atomic mass is 10.3. The predicted molar refractivity (Wildman–Crippen MR) is 94.7 cm³/mol. The van der Waals surface area contributed by atoms with Gasteiger partial charge in [-0.25, -0.2) is 4.39 Å². The van der Waals surface area contributed by atoms with E-state index >= 15 is 0 Å². The van der Waals surface area contributed by atoms with Gasteiger partial charge in [0.2, 0.25) is 0 Å². The fourth-order valence-corrected chi connectivity index (χ4v) is 2.25. The fraction of sp³-hybridized carbons (Fsp3) is 0.176. The first-order valence-corrected chi connectivity index (χ1v) is 8.20. The van der Waals surface area contributed by atoms with Crippen LogP contribution in [0.5, 0.6) is 11.5 Å². The Morgan fingerprint density at radius 2 is 1.85 bits per heavy atom. The third-order valence-corrected chi connectivity index (χ3v) is 3.62. The first-order chi connectivity index (χ1) is 12.4. The van der Waals surface area contributed by atoms with Crippen LogP contribution in [0.3, 0.4) is 0 Å². The van der Waals surface area contributed by atoms with Crippen molar-refractivity contribution in [2.45, 2.75) is 13.0 Å². The molecule has 2 rings (SSSR count). The summed E-state index contributed by atoms with van der Waals surface area (Å²) in [6.07, 6.45) is -1.03. The third-order valence-electron chi connectivity index (χ3n) is 3.09. The van der Waals surface area contributed by atoms with E-state index in [-0.39, 0.29) is 23.1 Å². The van der Waals surface area contributed by atoms with Crippen LogP contribution in [0.15, 0.2) is 42.5 Å². The highest BCUT2D eigenvalue weighted by Crippen LogP contribution is 2.27. The number of carbonyl (C=O) groups excluding carboxylic acids is 2. The van der Waals surface area contributed by atoms with Gasteiger partial charge in [0.05, 0.1) is 5.02 Å². The van der Waals surface area contributed by atoms with Crippen molar-refractivity contribution in [3.63, 3.8) is 0 Å². The summed E-state index contributed by atoms with van der Waals surface area (Å²) in [6, 6.07) is 10.2. The van der Waals surface area contributed by atoms with Gasteiger partial charge in [-0.1, -0.05) is 35.3 Å². The van der Waals surface area contributed by atoms with Crippen molar-refractivity contribution in [1.82, 2.24) is 10.9 Å². The number of hydrogen-bond acceptors (Lipinski definition) is 4. The Morgan fingerprint density at radius 3 is 2.54 bits per heavy atom. The minimum atomic E-state index is -1.03. The summed E-state index contributed by atoms with van der Waals surface area (Å²) in [4.78, 5) is 23.6. The molecule has 6 nitrogen and oxygen atoms in total. The zero-order valence-corrected chi connectivity index (χ0v) is 15.1. The zero-order valence-electron chi connectivity index (χ0n) is 13.6. The molecule has 2 aromatic rings. The highest BCUT2D eigenvalue weighted by Gasteiger charge is 2.17. The molecule has 0 aliphatic heterocycles. The molecule has 0 aliphatic rings. The second-order valence-electron chi connectivity index (χ2n) is 5.09. The smallest absolute Gasteiger partial charge is 0.279 e. The molecular weight excluding hydrogens is 386 g/mol. The van der Waals surface area contributed by atoms with Crippen LogP contribution in [0.1, 0.15) is 6.92 Å². The standard InChI is InChI=1S/C17H15Cl2FN2O4/c1-10(26-15-5-3-2-4-13(15)20)17(24)22-21-16(23)9-25-14-7-6-11(18)8-12(14)19/h2-8,10H,9H2,1H3,(H,21,23)(H,22,24)/t10-/m0/s1. The van der Waals surface area contributed by atoms with Gasteiger partial charge in [0, 0.05) is 5.02 Å². The average Bonchev–Trinajstić information content (AvgIpc) is 2.60. The van der Waals surface area contributed by atoms with Crippen molar-refractivity contribution >= 4 is 35.0 Å². The van der Waals surface area contributed by atoms with Crippen LogP contribution in [0.4, 0.5) is 4.39 Å². The van der Waals surface area contributed by atoms with Gasteiger partial charge >= 0.3 is 0 Å². The minimum Gasteiger partial charge on any atom is -0.482 e. The van der Waals surface area contributed by atoms with Crippen LogP contribution < -0.4 is 20.3 Å². The fourth-order valence-electron chi connectivity index (χ4n) is 1.79. The molecule has 2 N–H and O–H groups in total. The van der Waals surface area contributed by atoms with Gasteiger partial charge in [-0.3, -0.25) is 20.4 Å². The predicted octanol–water partition coefficient (Wildman–Crippen LogP) is 3.13. The number of amides is 2. The van der Waals surface area contributed by atoms with Gasteiger partial charge in [-0.2, -0.15) is 0 Å². The number of benzene rings is 2. The van der Waals surface area contributed by atoms with Gasteiger partial charge in [0.1, 0.15) is 5.75 Å². The number of carbonyl (C=O) groups is 2. The number of ether oxygens (including phenoxy) is 2. The molecule has 0 saturated carbocycles. The van der Waals surface area contributed by atoms with E-state index in [4.69, 9.17) is 32.7 Å². The Hall–Kier alpha value is -2.51. The molecule has 26 heavy (non-hydrogen) atoms. The highest BCUT2D eigenvalue weighted by atomic mass is 35.5. The first-order valence-electron chi connectivity index (χ1n) is 7.44. The maximum Gasteiger partial charge on any atom is 0.279 e. The van der Waals surface area contributed by atoms with E-state index in [0.717, 1.165) is 0 Å². The molecule has 0 aliphatic carbocycles. The molecule has 0 spiro atoms. The molecule has 0 heterocycles. The maximum atomic E-state index is 13.5. The Morgan fingerprint density at radius 1 is 1.12 bits per heavy atom. The number of hydrazine groups is 1. The summed E-state index contributed by atoms with van der Waals surface area (Å²) in [5, 5.41) is 0.684. The number of para-hydroxylation sites is 1. The van der Waals surface area contributed by atoms with Crippen molar-refractivity contribution in [2.24, 2.45) is 0 Å². The van der Waals surface area contributed by atoms with Gasteiger partial charge in [-0.05, 0) is 37.3 Å². The monoisotopic (exact) mass is 400 g/mol. The van der Waals surface area contributed by atoms with Crippen LogP contribution in [-0.2, 0) is 9.59 Å². The SMILES string of the molecule is C[C@H](Oc1ccccc1F)C(=O)NNC(=O)COc1ccc(Cl)cc1Cl. The normalized spacial score (nSPS) is 11.4. The van der Waals surface area contributed by atoms with Crippen molar-refractivity contribution in [1.29, 1.82) is 0 Å². The van der Waals surface area contributed by atoms with Crippen LogP contribution in [-0.4, -0.2) is 24.5 Å². The van der Waals surface area contributed by atoms with Crippen molar-refractivity contribution in [3.05, 3.63) is 58.3 Å². The van der Waals surface area contributed by atoms with Crippen molar-refractivity contribution in [2.75, 3.05) is 6.61 Å². The van der Waals surface area contributed by atoms with Gasteiger partial charge in [-0.15, -0.1) is 0 Å². The lowest BCUT2D eigenvalue weighted by Crippen LogP contribution is -2.48. The summed E-state index contributed by atoms with van der Waals surface area (Å²) >= 11 is 11.7. The Kier molecular flexibility index (Phi) is 7.06. The van der Waals surface area contributed by atoms with E-state index in [1.807, 2.05) is 0 Å². The summed E-state index contributed by atoms with van der Waals surface area (Å²) in [5.74, 6) is -1.67. The van der Waals surface area contributed by atoms with E-state index in [1.165, 1.54) is 37.3 Å². The minimum absolute atomic E-state index is 0.0674. The lowest BCUT2D eigenvalue weighted by Gasteiger charge is -2.15. The van der Waals surface area contributed by atoms with E-state index in [2.05, 4.69) is 10.9 Å². The molecule has 138 valence electrons. The quantitative estimate of drug-likeness (QED) is 0.730. The second kappa shape index (κ2) is 9.26. The van der Waals surface area contributed by atoms with E-state index < -0.39 is 23.7 Å². The molecule has 0 saturated heterocycles. The van der Waals surface area contributed by atoms with Gasteiger partial charge in [0.15, 0.2) is 24.3 Å². The molecule has 2 amide bonds. The first kappa shape index (κ1) is 19.8. The molecule has 0 unspecified atom stereocenters. The Balaban J connectivity index is 1.77. The number of hydrogen-bond donors (Lipinski definition) is 2. The topological polar surface area (TPSA) is 76.7 Å². The van der Waals surface area contributed by atoms with Crippen LogP contribution in [0.2, 0.25) is 10.0 Å². The Bertz CT molecular complexity index is 804. The molecule has 0 bridgehead atoms. The van der Waals surface area contributed by atoms with Crippen LogP contribution in [0, 0.1) is 5.82 Å². The summed E-state index contributed by atoms with van der Waals surface area (Å²) in [5.41, 5.74) is 4.32. The van der Waals surface area contributed by atoms with Crippen molar-refractivity contribution in [3.8, 4) is 11.5 Å². The van der Waals surface area contributed by atoms with Crippen LogP contribution >= 0.6 is 23.2 Å². The second-order valence-corrected chi connectivity index (χ2v) is 5.93. The van der Waals surface area contributed by atoms with Crippen molar-refractivity contribution < 1.29 is 23.5 Å². The molecule has 2 aromatic carbocycles. The summed E-state index contributed by atoms with van der Waals surface area (Å²) < 4.78 is 23.9. The van der Waals surface area contributed by atoms with E-state index in [9.17, 15) is 14.0 Å². The van der Waals surface area contributed by atoms with E-state index in [0.29, 0.717) is 5.02 Å². The molecule has 1 atom stereocenters. The van der Waals surface area contributed by atoms with Gasteiger partial charge < -0.3 is 9.47 Å². The van der Waals surface area contributed by atoms with Gasteiger partial charge in [0.25, 0.3) is 11.8 Å². The molecular formula is C17H15Cl2FN2O4. The molecule has 0 radical (unpaired) electrons. The summed E-state index contributed by atoms with van der Waals surface area (Å²) in [7, 11) is 0. The summed E-state index contributed by atoms with van der Waals surface area (Å²) in [6.45, 7) is 1.03. The molecule has 0 fully saturated rings. The number of halogens is 3. The third kappa shape index (κ3) is 5.79.